The Balaban J connectivity index is 1.92. The first-order valence-electron chi connectivity index (χ1n) is 5.51. The van der Waals surface area contributed by atoms with Crippen LogP contribution in [0, 0.1) is 0 Å². The lowest BCUT2D eigenvalue weighted by molar-refractivity contribution is -0.143. The second-order valence-corrected chi connectivity index (χ2v) is 4.23. The molecule has 3 rings (SSSR count). The van der Waals surface area contributed by atoms with Gasteiger partial charge in [-0.2, -0.15) is 11.0 Å². The average Bonchev–Trinajstić information content (AvgIpc) is 3.09. The van der Waals surface area contributed by atoms with Crippen molar-refractivity contribution in [2.45, 2.75) is 25.2 Å². The zero-order valence-electron chi connectivity index (χ0n) is 9.17. The van der Waals surface area contributed by atoms with Crippen LogP contribution in [0.25, 0.3) is 5.65 Å². The smallest absolute Gasteiger partial charge is 0.330 e. The molecule has 0 bridgehead atoms. The van der Waals surface area contributed by atoms with Crippen LogP contribution in [-0.2, 0) is 16.1 Å². The van der Waals surface area contributed by atoms with Crippen LogP contribution in [0.5, 0.6) is 0 Å². The third kappa shape index (κ3) is 1.99. The molecule has 2 N–H and O–H groups in total. The van der Waals surface area contributed by atoms with Crippen molar-refractivity contribution in [1.29, 1.82) is 0 Å². The maximum absolute atomic E-state index is 11.0. The number of nitrogens with zero attached hydrogens (tertiary/aromatic N) is 3. The minimum atomic E-state index is -0.504. The highest BCUT2D eigenvalue weighted by Gasteiger charge is 2.25. The SMILES string of the molecule is NOC(=O)Cc1cn2nc(C3CC3)ccc2n1. The number of nitrogens with two attached hydrogens (primary N) is 1. The van der Waals surface area contributed by atoms with Crippen LogP contribution in [0.1, 0.15) is 30.1 Å². The molecule has 1 saturated carbocycles. The van der Waals surface area contributed by atoms with Gasteiger partial charge in [-0.1, -0.05) is 0 Å². The normalized spacial score (nSPS) is 15.1. The molecule has 17 heavy (non-hydrogen) atoms. The standard InChI is InChI=1S/C11H12N4O2/c12-17-11(16)5-8-6-15-10(13-8)4-3-9(14-15)7-1-2-7/h3-4,6-7H,1-2,5,12H2. The van der Waals surface area contributed by atoms with Crippen molar-refractivity contribution in [1.82, 2.24) is 14.6 Å². The Kier molecular flexibility index (Phi) is 2.29. The first-order chi connectivity index (χ1) is 8.26. The molecule has 1 fully saturated rings. The second kappa shape index (κ2) is 3.81. The zero-order chi connectivity index (χ0) is 11.8. The van der Waals surface area contributed by atoms with Gasteiger partial charge in [0.25, 0.3) is 0 Å². The van der Waals surface area contributed by atoms with Gasteiger partial charge in [0.15, 0.2) is 5.65 Å². The Labute approximate surface area is 97.3 Å². The van der Waals surface area contributed by atoms with E-state index in [1.807, 2.05) is 12.1 Å². The molecule has 0 radical (unpaired) electrons. The van der Waals surface area contributed by atoms with Crippen LogP contribution in [0.2, 0.25) is 0 Å². The Morgan fingerprint density at radius 3 is 3.06 bits per heavy atom. The maximum Gasteiger partial charge on any atom is 0.330 e. The summed E-state index contributed by atoms with van der Waals surface area (Å²) in [5.74, 6) is 4.88. The van der Waals surface area contributed by atoms with E-state index in [2.05, 4.69) is 14.9 Å². The Bertz CT molecular complexity index is 574. The van der Waals surface area contributed by atoms with E-state index in [0.29, 0.717) is 11.6 Å². The number of carbonyl (C=O) groups excluding carboxylic acids is 1. The molecule has 6 nitrogen and oxygen atoms in total. The lowest BCUT2D eigenvalue weighted by Crippen LogP contribution is -2.12. The Morgan fingerprint density at radius 1 is 1.53 bits per heavy atom. The third-order valence-corrected chi connectivity index (χ3v) is 2.84. The van der Waals surface area contributed by atoms with E-state index in [0.717, 1.165) is 11.3 Å². The number of imidazole rings is 1. The molecule has 0 saturated heterocycles. The lowest BCUT2D eigenvalue weighted by atomic mass is 10.3. The minimum Gasteiger partial charge on any atom is -0.373 e. The van der Waals surface area contributed by atoms with Gasteiger partial charge in [-0.3, -0.25) is 0 Å². The summed E-state index contributed by atoms with van der Waals surface area (Å²) in [6.45, 7) is 0. The number of carbonyl (C=O) groups is 1. The summed E-state index contributed by atoms with van der Waals surface area (Å²) >= 11 is 0. The summed E-state index contributed by atoms with van der Waals surface area (Å²) in [7, 11) is 0. The van der Waals surface area contributed by atoms with Crippen molar-refractivity contribution in [3.05, 3.63) is 29.7 Å². The molecular formula is C11H12N4O2. The van der Waals surface area contributed by atoms with Gasteiger partial charge in [0.1, 0.15) is 0 Å². The number of fused-ring (bicyclic) bond motifs is 1. The van der Waals surface area contributed by atoms with Crippen LogP contribution >= 0.6 is 0 Å². The van der Waals surface area contributed by atoms with Gasteiger partial charge in [0.05, 0.1) is 24.0 Å². The van der Waals surface area contributed by atoms with E-state index < -0.39 is 5.97 Å². The predicted octanol–water partition coefficient (Wildman–Crippen LogP) is 0.566. The fourth-order valence-electron chi connectivity index (χ4n) is 1.82. The van der Waals surface area contributed by atoms with Gasteiger partial charge in [-0.15, -0.1) is 0 Å². The van der Waals surface area contributed by atoms with Gasteiger partial charge in [-0.05, 0) is 25.0 Å². The quantitative estimate of drug-likeness (QED) is 0.782. The second-order valence-electron chi connectivity index (χ2n) is 4.23. The van der Waals surface area contributed by atoms with Gasteiger partial charge in [0, 0.05) is 5.92 Å². The average molecular weight is 232 g/mol. The largest absolute Gasteiger partial charge is 0.373 e. The van der Waals surface area contributed by atoms with E-state index in [-0.39, 0.29) is 6.42 Å². The van der Waals surface area contributed by atoms with Crippen molar-refractivity contribution in [3.63, 3.8) is 0 Å². The summed E-state index contributed by atoms with van der Waals surface area (Å²) < 4.78 is 1.70. The number of aromatic nitrogens is 3. The van der Waals surface area contributed by atoms with Crippen LogP contribution in [0.3, 0.4) is 0 Å². The van der Waals surface area contributed by atoms with Crippen molar-refractivity contribution >= 4 is 11.6 Å². The highest BCUT2D eigenvalue weighted by atomic mass is 16.7. The van der Waals surface area contributed by atoms with E-state index in [1.165, 1.54) is 12.8 Å². The molecule has 0 aromatic carbocycles. The van der Waals surface area contributed by atoms with Crippen LogP contribution in [0.4, 0.5) is 0 Å². The van der Waals surface area contributed by atoms with Crippen LogP contribution < -0.4 is 5.90 Å². The Hall–Kier alpha value is -1.95. The van der Waals surface area contributed by atoms with E-state index >= 15 is 0 Å². The molecule has 0 spiro atoms. The van der Waals surface area contributed by atoms with Gasteiger partial charge < -0.3 is 4.84 Å². The molecule has 1 aliphatic rings. The van der Waals surface area contributed by atoms with E-state index in [9.17, 15) is 4.79 Å². The van der Waals surface area contributed by atoms with E-state index in [1.54, 1.807) is 10.7 Å². The van der Waals surface area contributed by atoms with Gasteiger partial charge in [-0.25, -0.2) is 14.3 Å². The lowest BCUT2D eigenvalue weighted by Gasteiger charge is -1.96. The molecule has 0 atom stereocenters. The number of hydrogen-bond donors (Lipinski definition) is 1. The minimum absolute atomic E-state index is 0.0681. The number of hydrogen-bond acceptors (Lipinski definition) is 5. The number of rotatable bonds is 3. The van der Waals surface area contributed by atoms with Crippen molar-refractivity contribution < 1.29 is 9.63 Å². The molecular weight excluding hydrogens is 220 g/mol. The molecule has 2 aromatic rings. The third-order valence-electron chi connectivity index (χ3n) is 2.84. The van der Waals surface area contributed by atoms with Crippen molar-refractivity contribution in [2.75, 3.05) is 0 Å². The molecule has 0 amide bonds. The van der Waals surface area contributed by atoms with Gasteiger partial charge >= 0.3 is 5.97 Å². The highest BCUT2D eigenvalue weighted by molar-refractivity contribution is 5.71. The zero-order valence-corrected chi connectivity index (χ0v) is 9.17. The molecule has 88 valence electrons. The fraction of sp³-hybridized carbons (Fsp3) is 0.364. The monoisotopic (exact) mass is 232 g/mol. The molecule has 2 heterocycles. The van der Waals surface area contributed by atoms with Crippen molar-refractivity contribution in [3.8, 4) is 0 Å². The maximum atomic E-state index is 11.0. The first kappa shape index (κ1) is 10.2. The topological polar surface area (TPSA) is 82.5 Å². The summed E-state index contributed by atoms with van der Waals surface area (Å²) in [6, 6.07) is 3.91. The Morgan fingerprint density at radius 2 is 2.35 bits per heavy atom. The predicted molar refractivity (Wildman–Crippen MR) is 58.9 cm³/mol. The highest BCUT2D eigenvalue weighted by Crippen LogP contribution is 2.38. The first-order valence-corrected chi connectivity index (χ1v) is 5.51. The summed E-state index contributed by atoms with van der Waals surface area (Å²) in [5.41, 5.74) is 2.43. The van der Waals surface area contributed by atoms with Gasteiger partial charge in [0.2, 0.25) is 0 Å². The molecule has 6 heteroatoms. The summed E-state index contributed by atoms with van der Waals surface area (Å²) in [6.07, 6.45) is 4.22. The molecule has 0 unspecified atom stereocenters. The summed E-state index contributed by atoms with van der Waals surface area (Å²) in [5, 5.41) is 4.46. The summed E-state index contributed by atoms with van der Waals surface area (Å²) in [4.78, 5) is 19.4. The fourth-order valence-corrected chi connectivity index (χ4v) is 1.82. The molecule has 0 aliphatic heterocycles. The van der Waals surface area contributed by atoms with Crippen LogP contribution in [0.15, 0.2) is 18.3 Å². The van der Waals surface area contributed by atoms with Crippen LogP contribution in [-0.4, -0.2) is 20.6 Å². The van der Waals surface area contributed by atoms with E-state index in [4.69, 9.17) is 5.90 Å². The molecule has 2 aromatic heterocycles. The molecule has 1 aliphatic carbocycles. The van der Waals surface area contributed by atoms with Crippen molar-refractivity contribution in [2.24, 2.45) is 5.90 Å².